The van der Waals surface area contributed by atoms with Crippen LogP contribution in [0.2, 0.25) is 0 Å². The maximum absolute atomic E-state index is 12.1. The highest BCUT2D eigenvalue weighted by Crippen LogP contribution is 2.14. The molecule has 2 N–H and O–H groups in total. The van der Waals surface area contributed by atoms with Crippen molar-refractivity contribution >= 4 is 22.9 Å². The van der Waals surface area contributed by atoms with Gasteiger partial charge in [0.1, 0.15) is 0 Å². The molecule has 5 nitrogen and oxygen atoms in total. The van der Waals surface area contributed by atoms with E-state index in [1.807, 2.05) is 0 Å². The number of aromatic nitrogens is 2. The first kappa shape index (κ1) is 13.5. The minimum Gasteiger partial charge on any atom is -0.383 e. The Bertz CT molecular complexity index is 527. The SMILES string of the molecule is CCCNc1cnccc1C(=O)NCc1cncs1. The number of anilines is 1. The standard InChI is InChI=1S/C13H16N4OS/c1-2-4-16-12-8-14-5-3-11(12)13(18)17-7-10-6-15-9-19-10/h3,5-6,8-9,16H,2,4,7H2,1H3,(H,17,18). The van der Waals surface area contributed by atoms with Crippen LogP contribution in [0.4, 0.5) is 5.69 Å². The average molecular weight is 276 g/mol. The van der Waals surface area contributed by atoms with Crippen LogP contribution < -0.4 is 10.6 Å². The van der Waals surface area contributed by atoms with Crippen LogP contribution in [-0.4, -0.2) is 22.4 Å². The highest BCUT2D eigenvalue weighted by molar-refractivity contribution is 7.09. The third kappa shape index (κ3) is 3.75. The van der Waals surface area contributed by atoms with E-state index in [1.54, 1.807) is 30.2 Å². The Hall–Kier alpha value is -1.95. The lowest BCUT2D eigenvalue weighted by Crippen LogP contribution is -2.23. The number of hydrogen-bond acceptors (Lipinski definition) is 5. The van der Waals surface area contributed by atoms with E-state index in [-0.39, 0.29) is 5.91 Å². The summed E-state index contributed by atoms with van der Waals surface area (Å²) in [5, 5.41) is 6.09. The molecule has 2 aromatic rings. The van der Waals surface area contributed by atoms with Gasteiger partial charge >= 0.3 is 0 Å². The van der Waals surface area contributed by atoms with Gasteiger partial charge in [-0.1, -0.05) is 6.92 Å². The smallest absolute Gasteiger partial charge is 0.253 e. The average Bonchev–Trinajstić information content (AvgIpc) is 2.96. The van der Waals surface area contributed by atoms with Crippen LogP contribution in [0, 0.1) is 0 Å². The first-order valence-electron chi connectivity index (χ1n) is 6.14. The normalized spacial score (nSPS) is 10.2. The molecule has 0 fully saturated rings. The molecule has 0 radical (unpaired) electrons. The summed E-state index contributed by atoms with van der Waals surface area (Å²) in [6, 6.07) is 1.72. The number of carbonyl (C=O) groups is 1. The molecule has 0 unspecified atom stereocenters. The fourth-order valence-electron chi connectivity index (χ4n) is 1.59. The Labute approximate surface area is 116 Å². The number of amides is 1. The molecule has 0 aromatic carbocycles. The van der Waals surface area contributed by atoms with Crippen molar-refractivity contribution in [2.24, 2.45) is 0 Å². The van der Waals surface area contributed by atoms with Crippen LogP contribution in [0.3, 0.4) is 0 Å². The lowest BCUT2D eigenvalue weighted by Gasteiger charge is -2.10. The molecule has 0 aliphatic rings. The number of nitrogens with zero attached hydrogens (tertiary/aromatic N) is 2. The van der Waals surface area contributed by atoms with E-state index >= 15 is 0 Å². The number of thiazole rings is 1. The molecule has 6 heteroatoms. The van der Waals surface area contributed by atoms with E-state index in [0.29, 0.717) is 12.1 Å². The Morgan fingerprint density at radius 2 is 2.26 bits per heavy atom. The zero-order valence-electron chi connectivity index (χ0n) is 10.7. The number of hydrogen-bond donors (Lipinski definition) is 2. The Morgan fingerprint density at radius 1 is 1.37 bits per heavy atom. The molecule has 0 bridgehead atoms. The molecule has 0 aliphatic carbocycles. The van der Waals surface area contributed by atoms with Crippen molar-refractivity contribution in [3.63, 3.8) is 0 Å². The monoisotopic (exact) mass is 276 g/mol. The van der Waals surface area contributed by atoms with Gasteiger partial charge in [-0.05, 0) is 12.5 Å². The zero-order chi connectivity index (χ0) is 13.5. The second kappa shape index (κ2) is 6.84. The summed E-state index contributed by atoms with van der Waals surface area (Å²) in [5.74, 6) is -0.102. The van der Waals surface area contributed by atoms with E-state index in [9.17, 15) is 4.79 Å². The predicted molar refractivity (Wildman–Crippen MR) is 76.3 cm³/mol. The highest BCUT2D eigenvalue weighted by atomic mass is 32.1. The van der Waals surface area contributed by atoms with Crippen molar-refractivity contribution in [2.75, 3.05) is 11.9 Å². The molecule has 2 heterocycles. The Balaban J connectivity index is 2.01. The maximum Gasteiger partial charge on any atom is 0.253 e. The summed E-state index contributed by atoms with van der Waals surface area (Å²) >= 11 is 1.52. The molecule has 2 rings (SSSR count). The van der Waals surface area contributed by atoms with Gasteiger partial charge in [0, 0.05) is 23.8 Å². The Morgan fingerprint density at radius 3 is 3.00 bits per heavy atom. The summed E-state index contributed by atoms with van der Waals surface area (Å²) in [4.78, 5) is 21.2. The molecule has 0 saturated carbocycles. The molecule has 2 aromatic heterocycles. The van der Waals surface area contributed by atoms with Gasteiger partial charge in [0.2, 0.25) is 0 Å². The topological polar surface area (TPSA) is 66.9 Å². The molecule has 0 atom stereocenters. The molecule has 0 spiro atoms. The fraction of sp³-hybridized carbons (Fsp3) is 0.308. The van der Waals surface area contributed by atoms with Gasteiger partial charge in [0.05, 0.1) is 29.5 Å². The van der Waals surface area contributed by atoms with Crippen LogP contribution in [0.25, 0.3) is 0 Å². The van der Waals surface area contributed by atoms with Crippen LogP contribution in [0.1, 0.15) is 28.6 Å². The number of rotatable bonds is 6. The van der Waals surface area contributed by atoms with Crippen molar-refractivity contribution in [1.29, 1.82) is 0 Å². The van der Waals surface area contributed by atoms with Crippen LogP contribution in [-0.2, 0) is 6.54 Å². The van der Waals surface area contributed by atoms with Crippen molar-refractivity contribution in [3.8, 4) is 0 Å². The van der Waals surface area contributed by atoms with Crippen molar-refractivity contribution in [1.82, 2.24) is 15.3 Å². The molecular formula is C13H16N4OS. The largest absolute Gasteiger partial charge is 0.383 e. The van der Waals surface area contributed by atoms with E-state index < -0.39 is 0 Å². The number of nitrogens with one attached hydrogen (secondary N) is 2. The lowest BCUT2D eigenvalue weighted by atomic mass is 10.2. The van der Waals surface area contributed by atoms with Gasteiger partial charge < -0.3 is 10.6 Å². The quantitative estimate of drug-likeness (QED) is 0.849. The summed E-state index contributed by atoms with van der Waals surface area (Å²) in [6.07, 6.45) is 6.06. The van der Waals surface area contributed by atoms with Gasteiger partial charge in [-0.15, -0.1) is 11.3 Å². The van der Waals surface area contributed by atoms with Gasteiger partial charge in [0.15, 0.2) is 0 Å². The van der Waals surface area contributed by atoms with Crippen molar-refractivity contribution in [3.05, 3.63) is 40.6 Å². The van der Waals surface area contributed by atoms with Gasteiger partial charge in [-0.3, -0.25) is 14.8 Å². The third-order valence-electron chi connectivity index (χ3n) is 2.54. The zero-order valence-corrected chi connectivity index (χ0v) is 11.5. The van der Waals surface area contributed by atoms with Crippen molar-refractivity contribution < 1.29 is 4.79 Å². The summed E-state index contributed by atoms with van der Waals surface area (Å²) < 4.78 is 0. The third-order valence-corrected chi connectivity index (χ3v) is 3.32. The lowest BCUT2D eigenvalue weighted by molar-refractivity contribution is 0.0952. The first-order valence-corrected chi connectivity index (χ1v) is 7.02. The van der Waals surface area contributed by atoms with Crippen LogP contribution >= 0.6 is 11.3 Å². The molecule has 1 amide bonds. The molecule has 0 saturated heterocycles. The van der Waals surface area contributed by atoms with E-state index in [1.165, 1.54) is 11.3 Å². The van der Waals surface area contributed by atoms with Gasteiger partial charge in [-0.2, -0.15) is 0 Å². The summed E-state index contributed by atoms with van der Waals surface area (Å²) in [5.41, 5.74) is 3.14. The second-order valence-electron chi connectivity index (χ2n) is 4.00. The molecule has 19 heavy (non-hydrogen) atoms. The summed E-state index contributed by atoms with van der Waals surface area (Å²) in [7, 11) is 0. The molecule has 0 aliphatic heterocycles. The van der Waals surface area contributed by atoms with Crippen LogP contribution in [0.15, 0.2) is 30.2 Å². The first-order chi connectivity index (χ1) is 9.31. The predicted octanol–water partition coefficient (Wildman–Crippen LogP) is 2.29. The minimum absolute atomic E-state index is 0.102. The van der Waals surface area contributed by atoms with E-state index in [4.69, 9.17) is 0 Å². The number of pyridine rings is 1. The fourth-order valence-corrected chi connectivity index (χ4v) is 2.12. The van der Waals surface area contributed by atoms with Crippen molar-refractivity contribution in [2.45, 2.75) is 19.9 Å². The Kier molecular flexibility index (Phi) is 4.85. The van der Waals surface area contributed by atoms with E-state index in [2.05, 4.69) is 27.5 Å². The second-order valence-corrected chi connectivity index (χ2v) is 4.97. The highest BCUT2D eigenvalue weighted by Gasteiger charge is 2.10. The maximum atomic E-state index is 12.1. The van der Waals surface area contributed by atoms with Gasteiger partial charge in [-0.25, -0.2) is 0 Å². The minimum atomic E-state index is -0.102. The molecular weight excluding hydrogens is 260 g/mol. The molecule has 100 valence electrons. The van der Waals surface area contributed by atoms with E-state index in [0.717, 1.165) is 23.5 Å². The van der Waals surface area contributed by atoms with Crippen LogP contribution in [0.5, 0.6) is 0 Å². The summed E-state index contributed by atoms with van der Waals surface area (Å²) in [6.45, 7) is 3.40. The number of carbonyl (C=O) groups excluding carboxylic acids is 1. The van der Waals surface area contributed by atoms with Gasteiger partial charge in [0.25, 0.3) is 5.91 Å².